The van der Waals surface area contributed by atoms with Crippen LogP contribution >= 0.6 is 0 Å². The van der Waals surface area contributed by atoms with Crippen molar-refractivity contribution in [2.45, 2.75) is 19.4 Å². The second kappa shape index (κ2) is 5.14. The largest absolute Gasteiger partial charge is 0.469 e. The molecule has 0 spiro atoms. The van der Waals surface area contributed by atoms with E-state index in [0.29, 0.717) is 0 Å². The molecule has 0 aliphatic heterocycles. The molecule has 1 aromatic carbocycles. The summed E-state index contributed by atoms with van der Waals surface area (Å²) >= 11 is 0. The molecule has 1 unspecified atom stereocenters. The topological polar surface area (TPSA) is 38.1 Å². The van der Waals surface area contributed by atoms with Crippen molar-refractivity contribution in [1.29, 1.82) is 0 Å². The second-order valence-corrected chi connectivity index (χ2v) is 4.71. The predicted octanol–water partition coefficient (Wildman–Crippen LogP) is 3.87. The van der Waals surface area contributed by atoms with Gasteiger partial charge in [-0.1, -0.05) is 24.3 Å². The summed E-state index contributed by atoms with van der Waals surface area (Å²) in [7, 11) is 0. The first kappa shape index (κ1) is 11.8. The molecule has 2 heterocycles. The van der Waals surface area contributed by atoms with Gasteiger partial charge in [-0.25, -0.2) is 4.98 Å². The monoisotopic (exact) mass is 252 g/mol. The van der Waals surface area contributed by atoms with Crippen LogP contribution in [0.4, 0.5) is 5.82 Å². The molecule has 3 nitrogen and oxygen atoms in total. The number of furan rings is 1. The highest BCUT2D eigenvalue weighted by molar-refractivity contribution is 5.91. The van der Waals surface area contributed by atoms with Crippen LogP contribution in [0.2, 0.25) is 0 Å². The molecule has 19 heavy (non-hydrogen) atoms. The third-order valence-electron chi connectivity index (χ3n) is 3.14. The zero-order valence-electron chi connectivity index (χ0n) is 10.8. The molecule has 3 aromatic rings. The Morgan fingerprint density at radius 2 is 2.05 bits per heavy atom. The Balaban J connectivity index is 1.81. The summed E-state index contributed by atoms with van der Waals surface area (Å²) in [6, 6.07) is 14.5. The normalized spacial score (nSPS) is 12.5. The van der Waals surface area contributed by atoms with E-state index in [1.807, 2.05) is 36.5 Å². The second-order valence-electron chi connectivity index (χ2n) is 4.71. The molecular weight excluding hydrogens is 236 g/mol. The Morgan fingerprint density at radius 1 is 1.16 bits per heavy atom. The molecule has 1 N–H and O–H groups in total. The molecular formula is C16H16N2O. The quantitative estimate of drug-likeness (QED) is 0.766. The minimum Gasteiger partial charge on any atom is -0.469 e. The van der Waals surface area contributed by atoms with E-state index in [2.05, 4.69) is 29.4 Å². The van der Waals surface area contributed by atoms with Crippen LogP contribution in [0.5, 0.6) is 0 Å². The van der Waals surface area contributed by atoms with Gasteiger partial charge in [0.15, 0.2) is 0 Å². The van der Waals surface area contributed by atoms with Crippen LogP contribution in [0.3, 0.4) is 0 Å². The first-order chi connectivity index (χ1) is 9.33. The maximum absolute atomic E-state index is 5.37. The van der Waals surface area contributed by atoms with Crippen molar-refractivity contribution < 1.29 is 4.42 Å². The van der Waals surface area contributed by atoms with Gasteiger partial charge in [-0.15, -0.1) is 0 Å². The molecule has 2 aromatic heterocycles. The van der Waals surface area contributed by atoms with E-state index >= 15 is 0 Å². The van der Waals surface area contributed by atoms with Crippen molar-refractivity contribution in [2.24, 2.45) is 0 Å². The molecule has 0 aliphatic rings. The molecule has 0 fully saturated rings. The lowest BCUT2D eigenvalue weighted by Crippen LogP contribution is -2.18. The van der Waals surface area contributed by atoms with E-state index in [1.165, 1.54) is 5.39 Å². The lowest BCUT2D eigenvalue weighted by Gasteiger charge is -2.14. The van der Waals surface area contributed by atoms with Gasteiger partial charge >= 0.3 is 0 Å². The highest BCUT2D eigenvalue weighted by Crippen LogP contribution is 2.21. The van der Waals surface area contributed by atoms with E-state index in [-0.39, 0.29) is 6.04 Å². The number of hydrogen-bond acceptors (Lipinski definition) is 3. The van der Waals surface area contributed by atoms with Crippen LogP contribution in [0.1, 0.15) is 12.7 Å². The summed E-state index contributed by atoms with van der Waals surface area (Å²) in [5.74, 6) is 1.91. The fourth-order valence-electron chi connectivity index (χ4n) is 2.25. The molecule has 0 radical (unpaired) electrons. The molecule has 3 rings (SSSR count). The van der Waals surface area contributed by atoms with E-state index in [9.17, 15) is 0 Å². The number of fused-ring (bicyclic) bond motifs is 1. The van der Waals surface area contributed by atoms with Gasteiger partial charge < -0.3 is 9.73 Å². The van der Waals surface area contributed by atoms with Gasteiger partial charge in [0.2, 0.25) is 0 Å². The smallest absolute Gasteiger partial charge is 0.134 e. The Bertz CT molecular complexity index is 656. The minimum atomic E-state index is 0.268. The third-order valence-corrected chi connectivity index (χ3v) is 3.14. The predicted molar refractivity (Wildman–Crippen MR) is 77.2 cm³/mol. The van der Waals surface area contributed by atoms with Crippen LogP contribution < -0.4 is 5.32 Å². The number of hydrogen-bond donors (Lipinski definition) is 1. The molecule has 0 saturated carbocycles. The highest BCUT2D eigenvalue weighted by Gasteiger charge is 2.08. The molecule has 0 aliphatic carbocycles. The van der Waals surface area contributed by atoms with Crippen molar-refractivity contribution in [3.05, 3.63) is 60.7 Å². The third kappa shape index (κ3) is 2.60. The standard InChI is InChI=1S/C16H16N2O/c1-12(11-14-6-4-10-19-14)18-16-15-7-3-2-5-13(15)8-9-17-16/h2-10,12H,11H2,1H3,(H,17,18). The van der Waals surface area contributed by atoms with Gasteiger partial charge in [-0.2, -0.15) is 0 Å². The van der Waals surface area contributed by atoms with Crippen molar-refractivity contribution in [2.75, 3.05) is 5.32 Å². The van der Waals surface area contributed by atoms with Crippen molar-refractivity contribution >= 4 is 16.6 Å². The molecule has 1 atom stereocenters. The van der Waals surface area contributed by atoms with Gasteiger partial charge in [0.05, 0.1) is 6.26 Å². The lowest BCUT2D eigenvalue weighted by atomic mass is 10.1. The zero-order valence-corrected chi connectivity index (χ0v) is 10.8. The zero-order chi connectivity index (χ0) is 13.1. The number of benzene rings is 1. The van der Waals surface area contributed by atoms with Gasteiger partial charge in [-0.05, 0) is 30.5 Å². The lowest BCUT2D eigenvalue weighted by molar-refractivity contribution is 0.497. The summed E-state index contributed by atoms with van der Waals surface area (Å²) in [4.78, 5) is 4.43. The minimum absolute atomic E-state index is 0.268. The number of anilines is 1. The molecule has 3 heteroatoms. The summed E-state index contributed by atoms with van der Waals surface area (Å²) in [6.07, 6.45) is 4.39. The number of pyridine rings is 1. The highest BCUT2D eigenvalue weighted by atomic mass is 16.3. The SMILES string of the molecule is CC(Cc1ccco1)Nc1nccc2ccccc12. The number of rotatable bonds is 4. The molecule has 0 bridgehead atoms. The van der Waals surface area contributed by atoms with Crippen LogP contribution in [-0.2, 0) is 6.42 Å². The summed E-state index contributed by atoms with van der Waals surface area (Å²) < 4.78 is 5.37. The van der Waals surface area contributed by atoms with E-state index in [1.54, 1.807) is 6.26 Å². The van der Waals surface area contributed by atoms with Crippen molar-refractivity contribution in [3.8, 4) is 0 Å². The van der Waals surface area contributed by atoms with Gasteiger partial charge in [0, 0.05) is 24.0 Å². The average molecular weight is 252 g/mol. The average Bonchev–Trinajstić information content (AvgIpc) is 2.92. The first-order valence-corrected chi connectivity index (χ1v) is 6.45. The maximum Gasteiger partial charge on any atom is 0.134 e. The van der Waals surface area contributed by atoms with Crippen molar-refractivity contribution in [1.82, 2.24) is 4.98 Å². The summed E-state index contributed by atoms with van der Waals surface area (Å²) in [5, 5.41) is 5.80. The van der Waals surface area contributed by atoms with Crippen LogP contribution in [-0.4, -0.2) is 11.0 Å². The Morgan fingerprint density at radius 3 is 2.89 bits per heavy atom. The number of nitrogens with one attached hydrogen (secondary N) is 1. The van der Waals surface area contributed by atoms with E-state index in [4.69, 9.17) is 4.42 Å². The van der Waals surface area contributed by atoms with Gasteiger partial charge in [0.1, 0.15) is 11.6 Å². The maximum atomic E-state index is 5.37. The van der Waals surface area contributed by atoms with Crippen molar-refractivity contribution in [3.63, 3.8) is 0 Å². The molecule has 0 amide bonds. The summed E-state index contributed by atoms with van der Waals surface area (Å²) in [6.45, 7) is 2.13. The van der Waals surface area contributed by atoms with Crippen LogP contribution in [0, 0.1) is 0 Å². The first-order valence-electron chi connectivity index (χ1n) is 6.45. The van der Waals surface area contributed by atoms with Gasteiger partial charge in [0.25, 0.3) is 0 Å². The van der Waals surface area contributed by atoms with Gasteiger partial charge in [-0.3, -0.25) is 0 Å². The fraction of sp³-hybridized carbons (Fsp3) is 0.188. The molecule has 0 saturated heterocycles. The Hall–Kier alpha value is -2.29. The summed E-state index contributed by atoms with van der Waals surface area (Å²) in [5.41, 5.74) is 0. The fourth-order valence-corrected chi connectivity index (χ4v) is 2.25. The van der Waals surface area contributed by atoms with Crippen LogP contribution in [0.15, 0.2) is 59.3 Å². The molecule has 96 valence electrons. The Kier molecular flexibility index (Phi) is 3.19. The van der Waals surface area contributed by atoms with E-state index in [0.717, 1.165) is 23.4 Å². The number of nitrogens with zero attached hydrogens (tertiary/aromatic N) is 1. The van der Waals surface area contributed by atoms with Crippen LogP contribution in [0.25, 0.3) is 10.8 Å². The number of aromatic nitrogens is 1. The Labute approximate surface area is 112 Å². The van der Waals surface area contributed by atoms with E-state index < -0.39 is 0 Å².